The number of para-hydroxylation sites is 1. The average molecular weight is 398 g/mol. The number of fused-ring (bicyclic) bond motifs is 1. The Hall–Kier alpha value is -2.54. The molecule has 27 heavy (non-hydrogen) atoms. The van der Waals surface area contributed by atoms with Gasteiger partial charge in [0.15, 0.2) is 6.61 Å². The summed E-state index contributed by atoms with van der Waals surface area (Å²) in [5.74, 6) is -1.63. The van der Waals surface area contributed by atoms with Gasteiger partial charge in [0.05, 0.1) is 21.8 Å². The van der Waals surface area contributed by atoms with Crippen LogP contribution in [0.2, 0.25) is 5.02 Å². The number of carbonyl (C=O) groups is 2. The molecule has 0 fully saturated rings. The maximum absolute atomic E-state index is 13.0. The van der Waals surface area contributed by atoms with E-state index in [4.69, 9.17) is 16.3 Å². The number of rotatable bonds is 4. The summed E-state index contributed by atoms with van der Waals surface area (Å²) in [6, 6.07) is 8.34. The molecule has 0 aromatic heterocycles. The lowest BCUT2D eigenvalue weighted by Crippen LogP contribution is -2.23. The van der Waals surface area contributed by atoms with E-state index in [1.807, 2.05) is 6.07 Å². The van der Waals surface area contributed by atoms with Crippen LogP contribution in [0.3, 0.4) is 0 Å². The van der Waals surface area contributed by atoms with Crippen molar-refractivity contribution in [3.63, 3.8) is 0 Å². The van der Waals surface area contributed by atoms with Crippen LogP contribution in [0.5, 0.6) is 0 Å². The van der Waals surface area contributed by atoms with Crippen molar-refractivity contribution in [1.29, 1.82) is 0 Å². The minimum Gasteiger partial charge on any atom is -0.452 e. The minimum atomic E-state index is -4.69. The van der Waals surface area contributed by atoms with Crippen LogP contribution in [0.15, 0.2) is 36.4 Å². The number of carbonyl (C=O) groups excluding carboxylic acids is 2. The Bertz CT molecular complexity index is 896. The fourth-order valence-corrected chi connectivity index (χ4v) is 3.20. The van der Waals surface area contributed by atoms with E-state index in [9.17, 15) is 22.8 Å². The van der Waals surface area contributed by atoms with Crippen LogP contribution in [-0.2, 0) is 28.5 Å². The van der Waals surface area contributed by atoms with Gasteiger partial charge in [-0.25, -0.2) is 4.79 Å². The average Bonchev–Trinajstić information content (AvgIpc) is 3.08. The molecule has 1 amide bonds. The molecule has 0 heterocycles. The summed E-state index contributed by atoms with van der Waals surface area (Å²) in [7, 11) is 0. The number of amides is 1. The van der Waals surface area contributed by atoms with E-state index in [0.717, 1.165) is 37.0 Å². The predicted molar refractivity (Wildman–Crippen MR) is 93.8 cm³/mol. The minimum absolute atomic E-state index is 0.261. The van der Waals surface area contributed by atoms with Gasteiger partial charge in [0.2, 0.25) is 0 Å². The van der Waals surface area contributed by atoms with Crippen LogP contribution in [-0.4, -0.2) is 18.5 Å². The van der Waals surface area contributed by atoms with Crippen LogP contribution in [0.4, 0.5) is 18.9 Å². The highest BCUT2D eigenvalue weighted by molar-refractivity contribution is 6.34. The van der Waals surface area contributed by atoms with Gasteiger partial charge < -0.3 is 10.1 Å². The molecule has 2 aromatic rings. The predicted octanol–water partition coefficient (Wildman–Crippen LogP) is 4.64. The van der Waals surface area contributed by atoms with Gasteiger partial charge in [0, 0.05) is 0 Å². The fraction of sp³-hybridized carbons (Fsp3) is 0.263. The normalized spacial score (nSPS) is 13.2. The highest BCUT2D eigenvalue weighted by Crippen LogP contribution is 2.38. The number of hydrogen-bond acceptors (Lipinski definition) is 3. The Labute approximate surface area is 158 Å². The molecule has 1 aliphatic rings. The first-order valence-corrected chi connectivity index (χ1v) is 8.58. The lowest BCUT2D eigenvalue weighted by atomic mass is 10.1. The smallest absolute Gasteiger partial charge is 0.418 e. The first-order valence-electron chi connectivity index (χ1n) is 8.20. The number of benzene rings is 2. The lowest BCUT2D eigenvalue weighted by Gasteiger charge is -2.15. The highest BCUT2D eigenvalue weighted by atomic mass is 35.5. The lowest BCUT2D eigenvalue weighted by molar-refractivity contribution is -0.137. The van der Waals surface area contributed by atoms with Crippen LogP contribution < -0.4 is 5.32 Å². The summed E-state index contributed by atoms with van der Waals surface area (Å²) in [6.07, 6.45) is -1.82. The monoisotopic (exact) mass is 397 g/mol. The Morgan fingerprint density at radius 2 is 1.85 bits per heavy atom. The molecule has 3 rings (SSSR count). The van der Waals surface area contributed by atoms with E-state index in [1.54, 1.807) is 12.1 Å². The molecule has 0 saturated carbocycles. The molecule has 142 valence electrons. The third kappa shape index (κ3) is 4.42. The molecule has 0 unspecified atom stereocenters. The second kappa shape index (κ2) is 7.60. The number of nitrogens with one attached hydrogen (secondary N) is 1. The van der Waals surface area contributed by atoms with Crippen molar-refractivity contribution in [2.24, 2.45) is 0 Å². The Morgan fingerprint density at radius 3 is 2.59 bits per heavy atom. The molecule has 0 radical (unpaired) electrons. The van der Waals surface area contributed by atoms with Crippen LogP contribution in [0, 0.1) is 0 Å². The molecule has 0 saturated heterocycles. The zero-order valence-electron chi connectivity index (χ0n) is 14.0. The molecule has 2 aromatic carbocycles. The van der Waals surface area contributed by atoms with Crippen LogP contribution >= 0.6 is 11.6 Å². The maximum Gasteiger partial charge on any atom is 0.418 e. The standard InChI is InChI=1S/C19H15ClF3NO3/c20-15-6-2-5-14(19(21,22)23)17(15)24-16(25)10-27-18(26)13-8-7-11-3-1-4-12(11)9-13/h2,5-9H,1,3-4,10H2,(H,24,25). The number of halogens is 4. The van der Waals surface area contributed by atoms with E-state index in [-0.39, 0.29) is 5.02 Å². The van der Waals surface area contributed by atoms with Gasteiger partial charge in [0.25, 0.3) is 5.91 Å². The van der Waals surface area contributed by atoms with Gasteiger partial charge in [-0.1, -0.05) is 23.7 Å². The third-order valence-electron chi connectivity index (χ3n) is 4.25. The van der Waals surface area contributed by atoms with Gasteiger partial charge in [-0.3, -0.25) is 4.79 Å². The van der Waals surface area contributed by atoms with E-state index in [2.05, 4.69) is 5.32 Å². The quantitative estimate of drug-likeness (QED) is 0.764. The van der Waals surface area contributed by atoms with Gasteiger partial charge in [-0.15, -0.1) is 0 Å². The summed E-state index contributed by atoms with van der Waals surface area (Å²) in [6.45, 7) is -0.724. The summed E-state index contributed by atoms with van der Waals surface area (Å²) < 4.78 is 44.0. The summed E-state index contributed by atoms with van der Waals surface area (Å²) in [4.78, 5) is 24.0. The molecule has 0 bridgehead atoms. The number of hydrogen-bond donors (Lipinski definition) is 1. The zero-order valence-corrected chi connectivity index (χ0v) is 14.8. The highest BCUT2D eigenvalue weighted by Gasteiger charge is 2.34. The fourth-order valence-electron chi connectivity index (χ4n) is 2.98. The van der Waals surface area contributed by atoms with Crippen LogP contribution in [0.25, 0.3) is 0 Å². The second-order valence-corrected chi connectivity index (χ2v) is 6.53. The Balaban J connectivity index is 1.65. The van der Waals surface area contributed by atoms with E-state index in [0.29, 0.717) is 5.56 Å². The molecule has 0 aliphatic heterocycles. The van der Waals surface area contributed by atoms with Gasteiger partial charge >= 0.3 is 12.1 Å². The van der Waals surface area contributed by atoms with Crippen molar-refractivity contribution in [1.82, 2.24) is 0 Å². The number of ether oxygens (including phenoxy) is 1. The Morgan fingerprint density at radius 1 is 1.11 bits per heavy atom. The molecule has 4 nitrogen and oxygen atoms in total. The van der Waals surface area contributed by atoms with Crippen molar-refractivity contribution in [3.05, 3.63) is 63.7 Å². The van der Waals surface area contributed by atoms with Crippen LogP contribution in [0.1, 0.15) is 33.5 Å². The molecular weight excluding hydrogens is 383 g/mol. The van der Waals surface area contributed by atoms with E-state index in [1.165, 1.54) is 11.6 Å². The largest absolute Gasteiger partial charge is 0.452 e. The number of aryl methyl sites for hydroxylation is 2. The van der Waals surface area contributed by atoms with Crippen molar-refractivity contribution in [2.75, 3.05) is 11.9 Å². The van der Waals surface area contributed by atoms with E-state index >= 15 is 0 Å². The molecule has 1 aliphatic carbocycles. The maximum atomic E-state index is 13.0. The third-order valence-corrected chi connectivity index (χ3v) is 4.57. The zero-order chi connectivity index (χ0) is 19.6. The molecule has 1 N–H and O–H groups in total. The summed E-state index contributed by atoms with van der Waals surface area (Å²) >= 11 is 5.77. The number of esters is 1. The first-order chi connectivity index (χ1) is 12.8. The molecular formula is C19H15ClF3NO3. The van der Waals surface area contributed by atoms with Crippen molar-refractivity contribution in [2.45, 2.75) is 25.4 Å². The molecule has 0 spiro atoms. The molecule has 8 heteroatoms. The van der Waals surface area contributed by atoms with Crippen molar-refractivity contribution < 1.29 is 27.5 Å². The van der Waals surface area contributed by atoms with E-state index < -0.39 is 35.9 Å². The second-order valence-electron chi connectivity index (χ2n) is 6.12. The topological polar surface area (TPSA) is 55.4 Å². The van der Waals surface area contributed by atoms with Crippen molar-refractivity contribution >= 4 is 29.2 Å². The Kier molecular flexibility index (Phi) is 5.41. The SMILES string of the molecule is O=C(COC(=O)c1ccc2c(c1)CCC2)Nc1c(Cl)cccc1C(F)(F)F. The first kappa shape index (κ1) is 19.2. The summed E-state index contributed by atoms with van der Waals surface area (Å²) in [5.41, 5.74) is 0.915. The van der Waals surface area contributed by atoms with Crippen molar-refractivity contribution in [3.8, 4) is 0 Å². The number of anilines is 1. The van der Waals surface area contributed by atoms with Gasteiger partial charge in [0.1, 0.15) is 0 Å². The summed E-state index contributed by atoms with van der Waals surface area (Å²) in [5, 5.41) is 1.80. The van der Waals surface area contributed by atoms with Gasteiger partial charge in [-0.2, -0.15) is 13.2 Å². The molecule has 0 atom stereocenters. The van der Waals surface area contributed by atoms with Gasteiger partial charge in [-0.05, 0) is 54.7 Å². The number of alkyl halides is 3.